The smallest absolute Gasteiger partial charge is 0.130 e. The van der Waals surface area contributed by atoms with E-state index in [4.69, 9.17) is 9.47 Å². The summed E-state index contributed by atoms with van der Waals surface area (Å²) in [5.74, 6) is 3.23. The van der Waals surface area contributed by atoms with E-state index in [0.29, 0.717) is 6.54 Å². The fourth-order valence-corrected chi connectivity index (χ4v) is 1.98. The van der Waals surface area contributed by atoms with Crippen molar-refractivity contribution in [3.05, 3.63) is 41.9 Å². The Labute approximate surface area is 125 Å². The van der Waals surface area contributed by atoms with Crippen LogP contribution < -0.4 is 14.8 Å². The van der Waals surface area contributed by atoms with E-state index in [9.17, 15) is 0 Å². The van der Waals surface area contributed by atoms with Gasteiger partial charge in [-0.1, -0.05) is 0 Å². The molecule has 0 aliphatic heterocycles. The van der Waals surface area contributed by atoms with Gasteiger partial charge in [0.1, 0.15) is 29.2 Å². The van der Waals surface area contributed by atoms with Gasteiger partial charge < -0.3 is 14.8 Å². The molecule has 21 heavy (non-hydrogen) atoms. The van der Waals surface area contributed by atoms with Crippen LogP contribution in [0.25, 0.3) is 0 Å². The molecule has 5 heteroatoms. The Morgan fingerprint density at radius 1 is 1.10 bits per heavy atom. The van der Waals surface area contributed by atoms with Gasteiger partial charge >= 0.3 is 0 Å². The fraction of sp³-hybridized carbons (Fsp3) is 0.375. The fourth-order valence-electron chi connectivity index (χ4n) is 1.98. The highest BCUT2D eigenvalue weighted by Gasteiger charge is 2.05. The molecule has 0 radical (unpaired) electrons. The van der Waals surface area contributed by atoms with Crippen LogP contribution in [0.3, 0.4) is 0 Å². The first-order valence-corrected chi connectivity index (χ1v) is 6.93. The molecule has 1 aromatic carbocycles. The number of anilines is 1. The standard InChI is InChI=1S/C16H21N3O2/c1-11-9-16(19-13(3)18-11)17-10-12(2)21-15-7-5-14(20-4)6-8-15/h5-9,12H,10H2,1-4H3,(H,17,18,19). The average molecular weight is 287 g/mol. The molecule has 1 aromatic heterocycles. The molecule has 0 saturated heterocycles. The lowest BCUT2D eigenvalue weighted by Gasteiger charge is -2.16. The van der Waals surface area contributed by atoms with Gasteiger partial charge in [-0.25, -0.2) is 9.97 Å². The van der Waals surface area contributed by atoms with Gasteiger partial charge in [0.2, 0.25) is 0 Å². The lowest BCUT2D eigenvalue weighted by Crippen LogP contribution is -2.23. The highest BCUT2D eigenvalue weighted by atomic mass is 16.5. The van der Waals surface area contributed by atoms with Crippen LogP contribution in [0.15, 0.2) is 30.3 Å². The van der Waals surface area contributed by atoms with Crippen molar-refractivity contribution < 1.29 is 9.47 Å². The minimum absolute atomic E-state index is 0.0222. The van der Waals surface area contributed by atoms with E-state index in [-0.39, 0.29) is 6.10 Å². The molecule has 1 heterocycles. The van der Waals surface area contributed by atoms with Crippen molar-refractivity contribution in [1.82, 2.24) is 9.97 Å². The zero-order chi connectivity index (χ0) is 15.2. The van der Waals surface area contributed by atoms with Gasteiger partial charge in [-0.2, -0.15) is 0 Å². The molecule has 0 aliphatic carbocycles. The van der Waals surface area contributed by atoms with Gasteiger partial charge in [-0.05, 0) is 45.0 Å². The molecule has 2 aromatic rings. The Balaban J connectivity index is 1.87. The van der Waals surface area contributed by atoms with Crippen molar-refractivity contribution >= 4 is 5.82 Å². The summed E-state index contributed by atoms with van der Waals surface area (Å²) in [6, 6.07) is 9.48. The number of hydrogen-bond acceptors (Lipinski definition) is 5. The molecule has 0 bridgehead atoms. The molecule has 1 N–H and O–H groups in total. The van der Waals surface area contributed by atoms with Gasteiger partial charge in [-0.15, -0.1) is 0 Å². The van der Waals surface area contributed by atoms with Crippen LogP contribution in [0, 0.1) is 13.8 Å². The third kappa shape index (κ3) is 4.63. The minimum atomic E-state index is 0.0222. The Kier molecular flexibility index (Phi) is 4.98. The van der Waals surface area contributed by atoms with Crippen molar-refractivity contribution in [2.45, 2.75) is 26.9 Å². The topological polar surface area (TPSA) is 56.3 Å². The van der Waals surface area contributed by atoms with Gasteiger partial charge in [0.25, 0.3) is 0 Å². The van der Waals surface area contributed by atoms with Crippen LogP contribution in [0.1, 0.15) is 18.4 Å². The second-order valence-corrected chi connectivity index (χ2v) is 4.93. The van der Waals surface area contributed by atoms with Crippen molar-refractivity contribution in [1.29, 1.82) is 0 Å². The van der Waals surface area contributed by atoms with E-state index in [1.54, 1.807) is 7.11 Å². The quantitative estimate of drug-likeness (QED) is 0.885. The number of hydrogen-bond donors (Lipinski definition) is 1. The van der Waals surface area contributed by atoms with Crippen LogP contribution in [0.5, 0.6) is 11.5 Å². The minimum Gasteiger partial charge on any atom is -0.497 e. The molecule has 112 valence electrons. The monoisotopic (exact) mass is 287 g/mol. The maximum atomic E-state index is 5.83. The lowest BCUT2D eigenvalue weighted by atomic mass is 10.3. The Bertz CT molecular complexity index is 564. The largest absolute Gasteiger partial charge is 0.497 e. The summed E-state index contributed by atoms with van der Waals surface area (Å²) in [4.78, 5) is 8.59. The van der Waals surface area contributed by atoms with Gasteiger partial charge in [0, 0.05) is 11.8 Å². The molecule has 0 fully saturated rings. The lowest BCUT2D eigenvalue weighted by molar-refractivity contribution is 0.234. The Hall–Kier alpha value is -2.30. The summed E-state index contributed by atoms with van der Waals surface area (Å²) in [7, 11) is 1.65. The highest BCUT2D eigenvalue weighted by Crippen LogP contribution is 2.18. The van der Waals surface area contributed by atoms with Gasteiger partial charge in [-0.3, -0.25) is 0 Å². The summed E-state index contributed by atoms with van der Waals surface area (Å²) in [6.45, 7) is 6.52. The predicted octanol–water partition coefficient (Wildman–Crippen LogP) is 2.98. The maximum Gasteiger partial charge on any atom is 0.130 e. The molecule has 5 nitrogen and oxygen atoms in total. The number of ether oxygens (including phenoxy) is 2. The molecule has 1 unspecified atom stereocenters. The number of nitrogens with one attached hydrogen (secondary N) is 1. The second kappa shape index (κ2) is 6.92. The first-order chi connectivity index (χ1) is 10.1. The van der Waals surface area contributed by atoms with Gasteiger partial charge in [0.05, 0.1) is 13.7 Å². The normalized spacial score (nSPS) is 11.8. The number of aryl methyl sites for hydroxylation is 2. The summed E-state index contributed by atoms with van der Waals surface area (Å²) in [5.41, 5.74) is 0.953. The van der Waals surface area contributed by atoms with Crippen LogP contribution in [-0.2, 0) is 0 Å². The number of nitrogens with zero attached hydrogens (tertiary/aromatic N) is 2. The second-order valence-electron chi connectivity index (χ2n) is 4.93. The molecular formula is C16H21N3O2. The molecule has 0 saturated carbocycles. The molecule has 0 spiro atoms. The van der Waals surface area contributed by atoms with Crippen LogP contribution >= 0.6 is 0 Å². The number of rotatable bonds is 6. The van der Waals surface area contributed by atoms with E-state index < -0.39 is 0 Å². The first kappa shape index (κ1) is 15.1. The number of benzene rings is 1. The van der Waals surface area contributed by atoms with E-state index in [2.05, 4.69) is 15.3 Å². The summed E-state index contributed by atoms with van der Waals surface area (Å²) >= 11 is 0. The molecule has 0 aliphatic rings. The van der Waals surface area contributed by atoms with E-state index in [0.717, 1.165) is 28.8 Å². The SMILES string of the molecule is COc1ccc(OC(C)CNc2cc(C)nc(C)n2)cc1. The van der Waals surface area contributed by atoms with Crippen LogP contribution in [-0.4, -0.2) is 29.7 Å². The van der Waals surface area contributed by atoms with Gasteiger partial charge in [0.15, 0.2) is 0 Å². The summed E-state index contributed by atoms with van der Waals surface area (Å²) in [5, 5.41) is 3.27. The highest BCUT2D eigenvalue weighted by molar-refractivity contribution is 5.36. The zero-order valence-corrected chi connectivity index (χ0v) is 12.9. The Morgan fingerprint density at radius 3 is 2.38 bits per heavy atom. The molecule has 1 atom stereocenters. The van der Waals surface area contributed by atoms with E-state index >= 15 is 0 Å². The van der Waals surface area contributed by atoms with Crippen molar-refractivity contribution in [2.75, 3.05) is 19.0 Å². The molecule has 2 rings (SSSR count). The van der Waals surface area contributed by atoms with E-state index in [1.165, 1.54) is 0 Å². The molecular weight excluding hydrogens is 266 g/mol. The van der Waals surface area contributed by atoms with Crippen molar-refractivity contribution in [3.8, 4) is 11.5 Å². The van der Waals surface area contributed by atoms with Crippen molar-refractivity contribution in [3.63, 3.8) is 0 Å². The summed E-state index contributed by atoms with van der Waals surface area (Å²) < 4.78 is 11.0. The zero-order valence-electron chi connectivity index (χ0n) is 12.9. The Morgan fingerprint density at radius 2 is 1.76 bits per heavy atom. The van der Waals surface area contributed by atoms with Crippen molar-refractivity contribution in [2.24, 2.45) is 0 Å². The maximum absolute atomic E-state index is 5.83. The van der Waals surface area contributed by atoms with Crippen LogP contribution in [0.4, 0.5) is 5.82 Å². The number of aromatic nitrogens is 2. The predicted molar refractivity (Wildman–Crippen MR) is 83.1 cm³/mol. The number of methoxy groups -OCH3 is 1. The summed E-state index contributed by atoms with van der Waals surface area (Å²) in [6.07, 6.45) is 0.0222. The third-order valence-corrected chi connectivity index (χ3v) is 2.93. The average Bonchev–Trinajstić information content (AvgIpc) is 2.45. The molecule has 0 amide bonds. The van der Waals surface area contributed by atoms with Crippen LogP contribution in [0.2, 0.25) is 0 Å². The first-order valence-electron chi connectivity index (χ1n) is 6.93. The van der Waals surface area contributed by atoms with E-state index in [1.807, 2.05) is 51.1 Å². The third-order valence-electron chi connectivity index (χ3n) is 2.93.